The van der Waals surface area contributed by atoms with Gasteiger partial charge in [0.1, 0.15) is 5.69 Å². The summed E-state index contributed by atoms with van der Waals surface area (Å²) in [6.07, 6.45) is 1.29. The van der Waals surface area contributed by atoms with Crippen LogP contribution >= 0.6 is 27.5 Å². The van der Waals surface area contributed by atoms with Gasteiger partial charge >= 0.3 is 0 Å². The highest BCUT2D eigenvalue weighted by atomic mass is 79.9. The second kappa shape index (κ2) is 4.35. The molecule has 0 bridgehead atoms. The molecule has 0 aliphatic heterocycles. The lowest BCUT2D eigenvalue weighted by molar-refractivity contribution is 0.277. The molecule has 1 heterocycles. The van der Waals surface area contributed by atoms with Crippen molar-refractivity contribution in [1.82, 2.24) is 4.98 Å². The molecule has 0 aliphatic rings. The summed E-state index contributed by atoms with van der Waals surface area (Å²) in [6.45, 7) is -0.172. The predicted octanol–water partition coefficient (Wildman–Crippen LogP) is 3.25. The van der Waals surface area contributed by atoms with Gasteiger partial charge in [0, 0.05) is 10.0 Å². The number of oxazole rings is 1. The average Bonchev–Trinajstić information content (AvgIpc) is 2.69. The largest absolute Gasteiger partial charge is 0.443 e. The van der Waals surface area contributed by atoms with Crippen LogP contribution in [0.2, 0.25) is 5.02 Å². The molecule has 5 heteroatoms. The molecule has 0 unspecified atom stereocenters. The minimum absolute atomic E-state index is 0.172. The predicted molar refractivity (Wildman–Crippen MR) is 60.6 cm³/mol. The Kier molecular flexibility index (Phi) is 3.09. The molecule has 2 rings (SSSR count). The summed E-state index contributed by atoms with van der Waals surface area (Å²) in [7, 11) is 0. The van der Waals surface area contributed by atoms with Crippen molar-refractivity contribution >= 4 is 27.5 Å². The Hall–Kier alpha value is -0.840. The molecule has 1 N–H and O–H groups in total. The zero-order chi connectivity index (χ0) is 10.8. The van der Waals surface area contributed by atoms with Crippen molar-refractivity contribution in [3.8, 4) is 11.3 Å². The molecule has 2 aromatic rings. The molecule has 1 aromatic heterocycles. The maximum Gasteiger partial charge on any atom is 0.181 e. The van der Waals surface area contributed by atoms with E-state index in [1.54, 1.807) is 6.07 Å². The molecule has 0 amide bonds. The highest BCUT2D eigenvalue weighted by Crippen LogP contribution is 2.32. The van der Waals surface area contributed by atoms with Crippen LogP contribution in [-0.2, 0) is 6.61 Å². The van der Waals surface area contributed by atoms with Gasteiger partial charge in [-0.25, -0.2) is 4.98 Å². The van der Waals surface area contributed by atoms with Gasteiger partial charge in [-0.15, -0.1) is 0 Å². The van der Waals surface area contributed by atoms with Gasteiger partial charge in [0.15, 0.2) is 12.2 Å². The Morgan fingerprint density at radius 1 is 1.47 bits per heavy atom. The summed E-state index contributed by atoms with van der Waals surface area (Å²) in [5, 5.41) is 9.61. The minimum Gasteiger partial charge on any atom is -0.443 e. The van der Waals surface area contributed by atoms with Crippen molar-refractivity contribution in [2.24, 2.45) is 0 Å². The topological polar surface area (TPSA) is 46.3 Å². The number of aliphatic hydroxyl groups is 1. The zero-order valence-electron chi connectivity index (χ0n) is 7.58. The molecule has 0 saturated heterocycles. The first-order valence-corrected chi connectivity index (χ1v) is 5.38. The zero-order valence-corrected chi connectivity index (χ0v) is 9.92. The third-order valence-corrected chi connectivity index (χ3v) is 2.79. The summed E-state index contributed by atoms with van der Waals surface area (Å²) in [5.41, 5.74) is 1.20. The summed E-state index contributed by atoms with van der Waals surface area (Å²) in [4.78, 5) is 3.89. The third kappa shape index (κ3) is 2.07. The molecule has 78 valence electrons. The van der Waals surface area contributed by atoms with Gasteiger partial charge in [-0.3, -0.25) is 0 Å². The second-order valence-electron chi connectivity index (χ2n) is 2.91. The smallest absolute Gasteiger partial charge is 0.181 e. The monoisotopic (exact) mass is 287 g/mol. The number of rotatable bonds is 2. The molecular weight excluding hydrogens is 281 g/mol. The molecule has 0 atom stereocenters. The van der Waals surface area contributed by atoms with Gasteiger partial charge < -0.3 is 9.52 Å². The maximum absolute atomic E-state index is 9.05. The molecule has 0 radical (unpaired) electrons. The molecule has 1 aromatic carbocycles. The van der Waals surface area contributed by atoms with E-state index in [4.69, 9.17) is 21.1 Å². The van der Waals surface area contributed by atoms with Crippen LogP contribution in [0.25, 0.3) is 11.3 Å². The lowest BCUT2D eigenvalue weighted by atomic mass is 10.1. The minimum atomic E-state index is -0.172. The normalized spacial score (nSPS) is 10.6. The van der Waals surface area contributed by atoms with Crippen LogP contribution in [0.4, 0.5) is 0 Å². The summed E-state index contributed by atoms with van der Waals surface area (Å²) in [5.74, 6) is 0.504. The number of hydrogen-bond acceptors (Lipinski definition) is 3. The van der Waals surface area contributed by atoms with Gasteiger partial charge in [0.2, 0.25) is 0 Å². The first-order chi connectivity index (χ1) is 7.22. The summed E-state index contributed by atoms with van der Waals surface area (Å²) < 4.78 is 6.09. The number of aromatic nitrogens is 1. The van der Waals surface area contributed by atoms with E-state index in [1.807, 2.05) is 12.1 Å². The molecule has 0 saturated carbocycles. The maximum atomic E-state index is 9.05. The first-order valence-electron chi connectivity index (χ1n) is 4.21. The van der Waals surface area contributed by atoms with E-state index in [9.17, 15) is 0 Å². The van der Waals surface area contributed by atoms with Gasteiger partial charge in [0.25, 0.3) is 0 Å². The van der Waals surface area contributed by atoms with Crippen LogP contribution in [0.15, 0.2) is 33.5 Å². The van der Waals surface area contributed by atoms with Crippen molar-refractivity contribution in [3.63, 3.8) is 0 Å². The van der Waals surface area contributed by atoms with Gasteiger partial charge in [0.05, 0.1) is 11.6 Å². The van der Waals surface area contributed by atoms with Gasteiger partial charge in [-0.1, -0.05) is 27.5 Å². The van der Waals surface area contributed by atoms with Crippen LogP contribution in [0.1, 0.15) is 5.69 Å². The second-order valence-corrected chi connectivity index (χ2v) is 4.23. The molecular formula is C10H7BrClNO2. The molecule has 0 spiro atoms. The van der Waals surface area contributed by atoms with Crippen molar-refractivity contribution < 1.29 is 9.52 Å². The van der Waals surface area contributed by atoms with E-state index in [0.717, 1.165) is 4.47 Å². The fraction of sp³-hybridized carbons (Fsp3) is 0.100. The van der Waals surface area contributed by atoms with E-state index >= 15 is 0 Å². The number of benzene rings is 1. The van der Waals surface area contributed by atoms with E-state index in [-0.39, 0.29) is 6.61 Å². The van der Waals surface area contributed by atoms with Crippen molar-refractivity contribution in [1.29, 1.82) is 0 Å². The molecule has 15 heavy (non-hydrogen) atoms. The standard InChI is InChI=1S/C10H7BrClNO2/c11-6-1-2-8(12)7(3-6)10-9(4-14)13-5-15-10/h1-3,5,14H,4H2. The average molecular weight is 289 g/mol. The number of aliphatic hydroxyl groups excluding tert-OH is 1. The molecule has 3 nitrogen and oxygen atoms in total. The number of hydrogen-bond donors (Lipinski definition) is 1. The van der Waals surface area contributed by atoms with Crippen molar-refractivity contribution in [2.45, 2.75) is 6.61 Å². The molecule has 0 aliphatic carbocycles. The van der Waals surface area contributed by atoms with Gasteiger partial charge in [-0.05, 0) is 18.2 Å². The van der Waals surface area contributed by atoms with Crippen LogP contribution in [0.3, 0.4) is 0 Å². The number of halogens is 2. The Labute approximate surface area is 99.8 Å². The highest BCUT2D eigenvalue weighted by molar-refractivity contribution is 9.10. The van der Waals surface area contributed by atoms with E-state index < -0.39 is 0 Å². The Balaban J connectivity index is 2.58. The third-order valence-electron chi connectivity index (χ3n) is 1.96. The van der Waals surface area contributed by atoms with E-state index in [1.165, 1.54) is 6.39 Å². The van der Waals surface area contributed by atoms with Crippen LogP contribution in [-0.4, -0.2) is 10.1 Å². The Bertz CT molecular complexity index is 484. The van der Waals surface area contributed by atoms with Crippen LogP contribution in [0, 0.1) is 0 Å². The van der Waals surface area contributed by atoms with Crippen molar-refractivity contribution in [2.75, 3.05) is 0 Å². The Morgan fingerprint density at radius 2 is 2.27 bits per heavy atom. The first kappa shape index (κ1) is 10.7. The fourth-order valence-corrected chi connectivity index (χ4v) is 1.84. The highest BCUT2D eigenvalue weighted by Gasteiger charge is 2.13. The van der Waals surface area contributed by atoms with E-state index in [2.05, 4.69) is 20.9 Å². The van der Waals surface area contributed by atoms with Crippen LogP contribution < -0.4 is 0 Å². The fourth-order valence-electron chi connectivity index (χ4n) is 1.27. The lowest BCUT2D eigenvalue weighted by Crippen LogP contribution is -1.87. The Morgan fingerprint density at radius 3 is 3.00 bits per heavy atom. The van der Waals surface area contributed by atoms with Gasteiger partial charge in [-0.2, -0.15) is 0 Å². The van der Waals surface area contributed by atoms with E-state index in [0.29, 0.717) is 22.0 Å². The summed E-state index contributed by atoms with van der Waals surface area (Å²) >= 11 is 9.37. The van der Waals surface area contributed by atoms with Crippen molar-refractivity contribution in [3.05, 3.63) is 39.8 Å². The number of nitrogens with zero attached hydrogens (tertiary/aromatic N) is 1. The molecule has 0 fully saturated rings. The quantitative estimate of drug-likeness (QED) is 0.922. The summed E-state index contributed by atoms with van der Waals surface area (Å²) in [6, 6.07) is 5.41. The SMILES string of the molecule is OCc1ncoc1-c1cc(Br)ccc1Cl. The lowest BCUT2D eigenvalue weighted by Gasteiger charge is -2.02. The van der Waals surface area contributed by atoms with Crippen LogP contribution in [0.5, 0.6) is 0 Å².